The molecule has 0 unspecified atom stereocenters. The summed E-state index contributed by atoms with van der Waals surface area (Å²) in [5, 5.41) is 8.39. The Kier molecular flexibility index (Phi) is 6.36. The van der Waals surface area contributed by atoms with Crippen molar-refractivity contribution in [2.45, 2.75) is 19.3 Å². The van der Waals surface area contributed by atoms with Crippen LogP contribution in [0.5, 0.6) is 0 Å². The second-order valence-corrected chi connectivity index (χ2v) is 2.58. The highest BCUT2D eigenvalue weighted by Crippen LogP contribution is 1.97. The fourth-order valence-electron chi connectivity index (χ4n) is 0.820. The van der Waals surface area contributed by atoms with Crippen molar-refractivity contribution in [3.8, 4) is 0 Å². The lowest BCUT2D eigenvalue weighted by molar-refractivity contribution is 0.0989. The van der Waals surface area contributed by atoms with E-state index in [4.69, 9.17) is 5.11 Å². The molecule has 2 nitrogen and oxygen atoms in total. The lowest BCUT2D eigenvalue weighted by atomic mass is 10.3. The number of aliphatic hydroxyl groups excluding tert-OH is 1. The summed E-state index contributed by atoms with van der Waals surface area (Å²) < 4.78 is 23.4. The standard InChI is InChI=1S/C7H15F2NO/c1-10(6-7(8)9)4-2-3-5-11/h7,11H,2-6H2,1H3. The minimum Gasteiger partial charge on any atom is -0.396 e. The molecule has 0 bridgehead atoms. The van der Waals surface area contributed by atoms with Gasteiger partial charge in [0.2, 0.25) is 0 Å². The smallest absolute Gasteiger partial charge is 0.251 e. The Balaban J connectivity index is 3.15. The molecule has 0 amide bonds. The Morgan fingerprint density at radius 1 is 1.36 bits per heavy atom. The van der Waals surface area contributed by atoms with Gasteiger partial charge in [-0.15, -0.1) is 0 Å². The van der Waals surface area contributed by atoms with Gasteiger partial charge in [0.05, 0.1) is 6.54 Å². The van der Waals surface area contributed by atoms with E-state index in [1.54, 1.807) is 11.9 Å². The Labute approximate surface area is 65.8 Å². The molecule has 4 heteroatoms. The van der Waals surface area contributed by atoms with Gasteiger partial charge in [0.15, 0.2) is 0 Å². The Bertz CT molecular complexity index is 90.5. The second kappa shape index (κ2) is 6.49. The molecule has 0 fully saturated rings. The van der Waals surface area contributed by atoms with Crippen LogP contribution in [0, 0.1) is 0 Å². The number of rotatable bonds is 6. The molecule has 0 aliphatic heterocycles. The van der Waals surface area contributed by atoms with E-state index in [1.165, 1.54) is 0 Å². The number of hydrogen-bond acceptors (Lipinski definition) is 2. The molecule has 1 N–H and O–H groups in total. The van der Waals surface area contributed by atoms with Crippen molar-refractivity contribution < 1.29 is 13.9 Å². The van der Waals surface area contributed by atoms with E-state index >= 15 is 0 Å². The van der Waals surface area contributed by atoms with Crippen LogP contribution >= 0.6 is 0 Å². The van der Waals surface area contributed by atoms with Crippen molar-refractivity contribution in [3.05, 3.63) is 0 Å². The van der Waals surface area contributed by atoms with Gasteiger partial charge in [0.1, 0.15) is 0 Å². The van der Waals surface area contributed by atoms with Crippen LogP contribution in [0.25, 0.3) is 0 Å². The molecule has 0 radical (unpaired) electrons. The van der Waals surface area contributed by atoms with Gasteiger partial charge < -0.3 is 10.0 Å². The minimum absolute atomic E-state index is 0.141. The highest BCUT2D eigenvalue weighted by molar-refractivity contribution is 4.52. The molecule has 0 aromatic carbocycles. The molecule has 0 aromatic heterocycles. The maximum Gasteiger partial charge on any atom is 0.251 e. The molecule has 0 saturated heterocycles. The monoisotopic (exact) mass is 167 g/mol. The van der Waals surface area contributed by atoms with Crippen molar-refractivity contribution in [3.63, 3.8) is 0 Å². The summed E-state index contributed by atoms with van der Waals surface area (Å²) in [6.07, 6.45) is -0.790. The number of alkyl halides is 2. The first kappa shape index (κ1) is 10.8. The molecular weight excluding hydrogens is 152 g/mol. The summed E-state index contributed by atoms with van der Waals surface area (Å²) in [5.41, 5.74) is 0. The molecule has 0 saturated carbocycles. The van der Waals surface area contributed by atoms with E-state index in [0.29, 0.717) is 13.0 Å². The topological polar surface area (TPSA) is 23.5 Å². The molecule has 0 aliphatic carbocycles. The molecule has 0 heterocycles. The van der Waals surface area contributed by atoms with Crippen molar-refractivity contribution in [2.24, 2.45) is 0 Å². The first-order chi connectivity index (χ1) is 5.16. The number of halogens is 2. The van der Waals surface area contributed by atoms with Crippen LogP contribution in [0.4, 0.5) is 8.78 Å². The summed E-state index contributed by atoms with van der Waals surface area (Å²) >= 11 is 0. The Hall–Kier alpha value is -0.220. The van der Waals surface area contributed by atoms with Crippen LogP contribution in [0.1, 0.15) is 12.8 Å². The van der Waals surface area contributed by atoms with Crippen molar-refractivity contribution in [1.29, 1.82) is 0 Å². The number of aliphatic hydroxyl groups is 1. The van der Waals surface area contributed by atoms with Gasteiger partial charge >= 0.3 is 0 Å². The largest absolute Gasteiger partial charge is 0.396 e. The molecule has 0 rings (SSSR count). The first-order valence-corrected chi connectivity index (χ1v) is 3.74. The van der Waals surface area contributed by atoms with E-state index in [0.717, 1.165) is 6.42 Å². The third-order valence-corrected chi connectivity index (χ3v) is 1.40. The fraction of sp³-hybridized carbons (Fsp3) is 1.00. The zero-order chi connectivity index (χ0) is 8.69. The average molecular weight is 167 g/mol. The maximum atomic E-state index is 11.7. The van der Waals surface area contributed by atoms with Gasteiger partial charge in [0.25, 0.3) is 6.43 Å². The predicted octanol–water partition coefficient (Wildman–Crippen LogP) is 0.956. The number of hydrogen-bond donors (Lipinski definition) is 1. The highest BCUT2D eigenvalue weighted by atomic mass is 19.3. The maximum absolute atomic E-state index is 11.7. The van der Waals surface area contributed by atoms with Gasteiger partial charge in [-0.3, -0.25) is 0 Å². The SMILES string of the molecule is CN(CCCCO)CC(F)F. The van der Waals surface area contributed by atoms with Crippen LogP contribution in [-0.4, -0.2) is 43.2 Å². The van der Waals surface area contributed by atoms with Crippen LogP contribution in [0.15, 0.2) is 0 Å². The lowest BCUT2D eigenvalue weighted by Crippen LogP contribution is -2.25. The van der Waals surface area contributed by atoms with E-state index in [1.807, 2.05) is 0 Å². The highest BCUT2D eigenvalue weighted by Gasteiger charge is 2.05. The molecule has 0 aliphatic rings. The Morgan fingerprint density at radius 3 is 2.45 bits per heavy atom. The van der Waals surface area contributed by atoms with Crippen LogP contribution in [0.2, 0.25) is 0 Å². The molecule has 0 spiro atoms. The quantitative estimate of drug-likeness (QED) is 0.595. The van der Waals surface area contributed by atoms with Gasteiger partial charge in [-0.1, -0.05) is 0 Å². The third kappa shape index (κ3) is 7.68. The van der Waals surface area contributed by atoms with E-state index in [9.17, 15) is 8.78 Å². The van der Waals surface area contributed by atoms with Crippen molar-refractivity contribution in [1.82, 2.24) is 4.90 Å². The lowest BCUT2D eigenvalue weighted by Gasteiger charge is -2.14. The van der Waals surface area contributed by atoms with E-state index < -0.39 is 6.43 Å². The summed E-state index contributed by atoms with van der Waals surface area (Å²) in [7, 11) is 1.66. The molecule has 68 valence electrons. The van der Waals surface area contributed by atoms with Crippen molar-refractivity contribution in [2.75, 3.05) is 26.7 Å². The predicted molar refractivity (Wildman–Crippen MR) is 39.8 cm³/mol. The van der Waals surface area contributed by atoms with Crippen LogP contribution in [-0.2, 0) is 0 Å². The molecular formula is C7H15F2NO. The fourth-order valence-corrected chi connectivity index (χ4v) is 0.820. The molecule has 0 atom stereocenters. The minimum atomic E-state index is -2.26. The second-order valence-electron chi connectivity index (χ2n) is 2.58. The van der Waals surface area contributed by atoms with Gasteiger partial charge in [-0.05, 0) is 26.4 Å². The van der Waals surface area contributed by atoms with Crippen LogP contribution in [0.3, 0.4) is 0 Å². The molecule has 11 heavy (non-hydrogen) atoms. The van der Waals surface area contributed by atoms with Gasteiger partial charge in [-0.25, -0.2) is 8.78 Å². The van der Waals surface area contributed by atoms with E-state index in [-0.39, 0.29) is 13.2 Å². The van der Waals surface area contributed by atoms with Gasteiger partial charge in [-0.2, -0.15) is 0 Å². The van der Waals surface area contributed by atoms with Crippen molar-refractivity contribution >= 4 is 0 Å². The normalized spacial score (nSPS) is 11.5. The summed E-state index contributed by atoms with van der Waals surface area (Å²) in [4.78, 5) is 1.57. The average Bonchev–Trinajstić information content (AvgIpc) is 1.86. The zero-order valence-electron chi connectivity index (χ0n) is 6.76. The van der Waals surface area contributed by atoms with Gasteiger partial charge in [0, 0.05) is 6.61 Å². The number of unbranched alkanes of at least 4 members (excludes halogenated alkanes) is 1. The number of nitrogens with zero attached hydrogens (tertiary/aromatic N) is 1. The summed E-state index contributed by atoms with van der Waals surface area (Å²) in [6, 6.07) is 0. The zero-order valence-corrected chi connectivity index (χ0v) is 6.76. The van der Waals surface area contributed by atoms with Crippen LogP contribution < -0.4 is 0 Å². The van der Waals surface area contributed by atoms with E-state index in [2.05, 4.69) is 0 Å². The summed E-state index contributed by atoms with van der Waals surface area (Å²) in [6.45, 7) is 0.596. The first-order valence-electron chi connectivity index (χ1n) is 3.74. The summed E-state index contributed by atoms with van der Waals surface area (Å²) in [5.74, 6) is 0. The Morgan fingerprint density at radius 2 is 2.00 bits per heavy atom. The molecule has 0 aromatic rings. The third-order valence-electron chi connectivity index (χ3n) is 1.40.